The van der Waals surface area contributed by atoms with Gasteiger partial charge in [-0.2, -0.15) is 0 Å². The van der Waals surface area contributed by atoms with Crippen molar-refractivity contribution in [2.24, 2.45) is 5.73 Å². The number of hydrogen-bond acceptors (Lipinski definition) is 3. The molecular formula is C17H21N3O2. The van der Waals surface area contributed by atoms with Gasteiger partial charge in [-0.05, 0) is 48.4 Å². The summed E-state index contributed by atoms with van der Waals surface area (Å²) in [6.07, 6.45) is 0.837. The fraction of sp³-hybridized carbons (Fsp3) is 0.235. The van der Waals surface area contributed by atoms with Crippen molar-refractivity contribution >= 4 is 11.7 Å². The van der Waals surface area contributed by atoms with E-state index in [2.05, 4.69) is 10.6 Å². The van der Waals surface area contributed by atoms with Crippen LogP contribution in [0.5, 0.6) is 5.75 Å². The Bertz CT molecular complexity index is 594. The van der Waals surface area contributed by atoms with E-state index in [1.807, 2.05) is 48.5 Å². The molecule has 22 heavy (non-hydrogen) atoms. The second-order valence-corrected chi connectivity index (χ2v) is 4.89. The number of anilines is 1. The fourth-order valence-electron chi connectivity index (χ4n) is 2.02. The van der Waals surface area contributed by atoms with Gasteiger partial charge in [0.2, 0.25) is 0 Å². The Hall–Kier alpha value is -2.53. The lowest BCUT2D eigenvalue weighted by molar-refractivity contribution is 0.251. The van der Waals surface area contributed by atoms with Gasteiger partial charge in [-0.25, -0.2) is 4.79 Å². The van der Waals surface area contributed by atoms with Gasteiger partial charge in [0, 0.05) is 12.2 Å². The summed E-state index contributed by atoms with van der Waals surface area (Å²) in [5, 5.41) is 5.61. The monoisotopic (exact) mass is 299 g/mol. The summed E-state index contributed by atoms with van der Waals surface area (Å²) in [6.45, 7) is 1.08. The van der Waals surface area contributed by atoms with Gasteiger partial charge < -0.3 is 21.1 Å². The first kappa shape index (κ1) is 15.9. The molecule has 116 valence electrons. The largest absolute Gasteiger partial charge is 0.497 e. The first-order valence-electron chi connectivity index (χ1n) is 7.18. The quantitative estimate of drug-likeness (QED) is 0.767. The van der Waals surface area contributed by atoms with Gasteiger partial charge >= 0.3 is 6.03 Å². The predicted molar refractivity (Wildman–Crippen MR) is 88.1 cm³/mol. The zero-order valence-electron chi connectivity index (χ0n) is 12.6. The second kappa shape index (κ2) is 8.05. The number of rotatable bonds is 6. The fourth-order valence-corrected chi connectivity index (χ4v) is 2.02. The summed E-state index contributed by atoms with van der Waals surface area (Å²) in [7, 11) is 1.62. The average Bonchev–Trinajstić information content (AvgIpc) is 2.55. The van der Waals surface area contributed by atoms with E-state index >= 15 is 0 Å². The van der Waals surface area contributed by atoms with E-state index in [0.717, 1.165) is 29.0 Å². The highest BCUT2D eigenvalue weighted by atomic mass is 16.5. The van der Waals surface area contributed by atoms with Crippen LogP contribution in [0.25, 0.3) is 0 Å². The Labute approximate surface area is 130 Å². The van der Waals surface area contributed by atoms with Crippen LogP contribution in [-0.4, -0.2) is 19.7 Å². The maximum absolute atomic E-state index is 11.9. The third-order valence-corrected chi connectivity index (χ3v) is 3.26. The number of ether oxygens (including phenoxy) is 1. The standard InChI is InChI=1S/C17H21N3O2/c1-22-16-8-4-14(5-9-16)12-19-17(21)20-15-6-2-13(3-7-15)10-11-18/h2-9H,10-12,18H2,1H3,(H2,19,20,21). The van der Waals surface area contributed by atoms with E-state index in [1.165, 1.54) is 0 Å². The molecule has 2 aromatic rings. The second-order valence-electron chi connectivity index (χ2n) is 4.89. The van der Waals surface area contributed by atoms with Gasteiger partial charge in [-0.15, -0.1) is 0 Å². The first-order chi connectivity index (χ1) is 10.7. The van der Waals surface area contributed by atoms with Gasteiger partial charge in [0.05, 0.1) is 7.11 Å². The molecule has 0 saturated carbocycles. The van der Waals surface area contributed by atoms with Crippen LogP contribution < -0.4 is 21.1 Å². The van der Waals surface area contributed by atoms with Crippen LogP contribution in [0.3, 0.4) is 0 Å². The molecule has 0 unspecified atom stereocenters. The highest BCUT2D eigenvalue weighted by molar-refractivity contribution is 5.89. The van der Waals surface area contributed by atoms with Crippen molar-refractivity contribution in [1.82, 2.24) is 5.32 Å². The number of nitrogens with one attached hydrogen (secondary N) is 2. The number of benzene rings is 2. The molecule has 0 aliphatic rings. The van der Waals surface area contributed by atoms with Crippen LogP contribution in [0.2, 0.25) is 0 Å². The third-order valence-electron chi connectivity index (χ3n) is 3.26. The number of carbonyl (C=O) groups is 1. The Morgan fingerprint density at radius 2 is 1.68 bits per heavy atom. The minimum atomic E-state index is -0.234. The van der Waals surface area contributed by atoms with Crippen molar-refractivity contribution in [2.45, 2.75) is 13.0 Å². The van der Waals surface area contributed by atoms with Gasteiger partial charge in [0.15, 0.2) is 0 Å². The Morgan fingerprint density at radius 3 is 2.27 bits per heavy atom. The van der Waals surface area contributed by atoms with Crippen molar-refractivity contribution in [2.75, 3.05) is 19.0 Å². The van der Waals surface area contributed by atoms with Crippen molar-refractivity contribution < 1.29 is 9.53 Å². The smallest absolute Gasteiger partial charge is 0.319 e. The molecule has 2 aromatic carbocycles. The van der Waals surface area contributed by atoms with E-state index in [1.54, 1.807) is 7.11 Å². The molecule has 0 bridgehead atoms. The number of carbonyl (C=O) groups excluding carboxylic acids is 1. The molecule has 4 N–H and O–H groups in total. The maximum atomic E-state index is 11.9. The Balaban J connectivity index is 1.81. The topological polar surface area (TPSA) is 76.4 Å². The van der Waals surface area contributed by atoms with Crippen molar-refractivity contribution in [3.05, 3.63) is 59.7 Å². The molecule has 0 aliphatic carbocycles. The van der Waals surface area contributed by atoms with Gasteiger partial charge in [0.1, 0.15) is 5.75 Å². The minimum absolute atomic E-state index is 0.234. The van der Waals surface area contributed by atoms with Crippen LogP contribution in [0.1, 0.15) is 11.1 Å². The molecule has 0 spiro atoms. The predicted octanol–water partition coefficient (Wildman–Crippen LogP) is 2.52. The van der Waals surface area contributed by atoms with Crippen LogP contribution in [0.4, 0.5) is 10.5 Å². The summed E-state index contributed by atoms with van der Waals surface area (Å²) in [5.41, 5.74) is 8.43. The molecule has 5 heteroatoms. The molecule has 0 atom stereocenters. The van der Waals surface area contributed by atoms with E-state index in [-0.39, 0.29) is 6.03 Å². The summed E-state index contributed by atoms with van der Waals surface area (Å²) in [4.78, 5) is 11.9. The van der Waals surface area contributed by atoms with E-state index in [4.69, 9.17) is 10.5 Å². The summed E-state index contributed by atoms with van der Waals surface area (Å²) < 4.78 is 5.09. The van der Waals surface area contributed by atoms with Gasteiger partial charge in [0.25, 0.3) is 0 Å². The lowest BCUT2D eigenvalue weighted by Crippen LogP contribution is -2.28. The Kier molecular flexibility index (Phi) is 5.80. The molecule has 0 radical (unpaired) electrons. The van der Waals surface area contributed by atoms with Crippen LogP contribution in [-0.2, 0) is 13.0 Å². The van der Waals surface area contributed by atoms with E-state index in [0.29, 0.717) is 13.1 Å². The van der Waals surface area contributed by atoms with Crippen molar-refractivity contribution in [3.8, 4) is 5.75 Å². The van der Waals surface area contributed by atoms with Gasteiger partial charge in [-0.3, -0.25) is 0 Å². The zero-order chi connectivity index (χ0) is 15.8. The van der Waals surface area contributed by atoms with Crippen molar-refractivity contribution in [3.63, 3.8) is 0 Å². The molecule has 2 amide bonds. The third kappa shape index (κ3) is 4.79. The SMILES string of the molecule is COc1ccc(CNC(=O)Nc2ccc(CCN)cc2)cc1. The van der Waals surface area contributed by atoms with Gasteiger partial charge in [-0.1, -0.05) is 24.3 Å². The molecule has 5 nitrogen and oxygen atoms in total. The lowest BCUT2D eigenvalue weighted by Gasteiger charge is -2.09. The van der Waals surface area contributed by atoms with Crippen molar-refractivity contribution in [1.29, 1.82) is 0 Å². The summed E-state index contributed by atoms with van der Waals surface area (Å²) in [5.74, 6) is 0.797. The van der Waals surface area contributed by atoms with E-state index in [9.17, 15) is 4.79 Å². The average molecular weight is 299 g/mol. The molecule has 0 fully saturated rings. The highest BCUT2D eigenvalue weighted by Gasteiger charge is 2.02. The first-order valence-corrected chi connectivity index (χ1v) is 7.18. The number of urea groups is 1. The number of hydrogen-bond donors (Lipinski definition) is 3. The highest BCUT2D eigenvalue weighted by Crippen LogP contribution is 2.12. The normalized spacial score (nSPS) is 10.1. The van der Waals surface area contributed by atoms with Crippen LogP contribution in [0, 0.1) is 0 Å². The maximum Gasteiger partial charge on any atom is 0.319 e. The molecule has 0 aromatic heterocycles. The molecule has 0 heterocycles. The molecular weight excluding hydrogens is 278 g/mol. The summed E-state index contributed by atoms with van der Waals surface area (Å²) >= 11 is 0. The number of nitrogens with two attached hydrogens (primary N) is 1. The molecule has 0 saturated heterocycles. The van der Waals surface area contributed by atoms with Crippen LogP contribution >= 0.6 is 0 Å². The number of amides is 2. The summed E-state index contributed by atoms with van der Waals surface area (Å²) in [6, 6.07) is 15.0. The Morgan fingerprint density at radius 1 is 1.05 bits per heavy atom. The molecule has 2 rings (SSSR count). The minimum Gasteiger partial charge on any atom is -0.497 e. The number of methoxy groups -OCH3 is 1. The van der Waals surface area contributed by atoms with E-state index < -0.39 is 0 Å². The molecule has 0 aliphatic heterocycles. The zero-order valence-corrected chi connectivity index (χ0v) is 12.6. The van der Waals surface area contributed by atoms with Crippen LogP contribution in [0.15, 0.2) is 48.5 Å². The lowest BCUT2D eigenvalue weighted by atomic mass is 10.1.